The van der Waals surface area contributed by atoms with Crippen molar-refractivity contribution < 1.29 is 10.2 Å². The zero-order valence-electron chi connectivity index (χ0n) is 15.7. The molecule has 0 radical (unpaired) electrons. The Morgan fingerprint density at radius 1 is 1.17 bits per heavy atom. The molecule has 4 heteroatoms. The number of hydrogen-bond acceptors (Lipinski definition) is 4. The number of rotatable bonds is 7. The molecule has 1 saturated heterocycles. The van der Waals surface area contributed by atoms with Gasteiger partial charge in [0.2, 0.25) is 0 Å². The minimum absolute atomic E-state index is 0.239. The lowest BCUT2D eigenvalue weighted by Crippen LogP contribution is -2.41. The summed E-state index contributed by atoms with van der Waals surface area (Å²) < 4.78 is 0. The third kappa shape index (κ3) is 5.85. The Kier molecular flexibility index (Phi) is 7.23. The van der Waals surface area contributed by atoms with Gasteiger partial charge in [0.05, 0.1) is 12.2 Å². The van der Waals surface area contributed by atoms with Gasteiger partial charge in [-0.2, -0.15) is 0 Å². The number of benzene rings is 1. The molecule has 1 aromatic carbocycles. The first kappa shape index (κ1) is 19.4. The molecule has 1 aliphatic rings. The van der Waals surface area contributed by atoms with E-state index >= 15 is 0 Å². The minimum atomic E-state index is -0.426. The Bertz CT molecular complexity index is 510. The van der Waals surface area contributed by atoms with E-state index in [2.05, 4.69) is 42.8 Å². The van der Waals surface area contributed by atoms with Crippen molar-refractivity contribution in [2.75, 3.05) is 39.8 Å². The molecule has 2 N–H and O–H groups in total. The van der Waals surface area contributed by atoms with Crippen LogP contribution in [0.2, 0.25) is 0 Å². The van der Waals surface area contributed by atoms with E-state index in [-0.39, 0.29) is 6.10 Å². The topological polar surface area (TPSA) is 46.9 Å². The van der Waals surface area contributed by atoms with Crippen LogP contribution in [0.3, 0.4) is 0 Å². The zero-order valence-corrected chi connectivity index (χ0v) is 15.7. The average molecular weight is 335 g/mol. The largest absolute Gasteiger partial charge is 0.392 e. The van der Waals surface area contributed by atoms with Crippen LogP contribution in [0.25, 0.3) is 0 Å². The highest BCUT2D eigenvalue weighted by Crippen LogP contribution is 2.21. The number of β-amino-alcohol motifs (C(OH)–C–C–N with tert-alkyl or cyclic N) is 1. The van der Waals surface area contributed by atoms with Gasteiger partial charge in [0.15, 0.2) is 0 Å². The first-order chi connectivity index (χ1) is 11.3. The Hall–Kier alpha value is -0.940. The van der Waals surface area contributed by atoms with E-state index in [4.69, 9.17) is 0 Å². The maximum atomic E-state index is 10.5. The third-order valence-corrected chi connectivity index (χ3v) is 5.20. The van der Waals surface area contributed by atoms with Crippen LogP contribution >= 0.6 is 0 Å². The molecule has 1 fully saturated rings. The number of aliphatic hydroxyl groups is 2. The lowest BCUT2D eigenvalue weighted by molar-refractivity contribution is 0.0806. The van der Waals surface area contributed by atoms with Crippen LogP contribution in [0, 0.1) is 19.8 Å². The molecule has 0 aromatic heterocycles. The molecule has 0 saturated carbocycles. The molecule has 1 aromatic rings. The minimum Gasteiger partial charge on any atom is -0.392 e. The van der Waals surface area contributed by atoms with Crippen LogP contribution in [-0.2, 0) is 0 Å². The summed E-state index contributed by atoms with van der Waals surface area (Å²) in [6.07, 6.45) is 1.69. The fourth-order valence-electron chi connectivity index (χ4n) is 3.61. The van der Waals surface area contributed by atoms with E-state index in [9.17, 15) is 10.2 Å². The fourth-order valence-corrected chi connectivity index (χ4v) is 3.61. The van der Waals surface area contributed by atoms with Gasteiger partial charge in [-0.3, -0.25) is 0 Å². The second-order valence-corrected chi connectivity index (χ2v) is 7.67. The number of aliphatic hydroxyl groups excluding tert-OH is 2. The molecule has 0 unspecified atom stereocenters. The SMILES string of the molecule is Cc1ccc([C@@H](O)CN(C)CC2CCN(C[C@@H](C)O)CC2)cc1C. The normalized spacial score (nSPS) is 19.6. The molecule has 1 heterocycles. The summed E-state index contributed by atoms with van der Waals surface area (Å²) in [6.45, 7) is 10.7. The molecule has 0 aliphatic carbocycles. The van der Waals surface area contributed by atoms with E-state index in [1.807, 2.05) is 13.0 Å². The number of hydrogen-bond donors (Lipinski definition) is 2. The molecule has 24 heavy (non-hydrogen) atoms. The molecule has 0 amide bonds. The Morgan fingerprint density at radius 2 is 1.83 bits per heavy atom. The van der Waals surface area contributed by atoms with Crippen molar-refractivity contribution in [3.05, 3.63) is 34.9 Å². The van der Waals surface area contributed by atoms with Crippen molar-refractivity contribution in [2.24, 2.45) is 5.92 Å². The van der Waals surface area contributed by atoms with Crippen LogP contribution < -0.4 is 0 Å². The standard InChI is InChI=1S/C20H34N2O2/c1-15-5-6-19(11-16(15)2)20(24)14-21(4)13-18-7-9-22(10-8-18)12-17(3)23/h5-6,11,17-18,20,23-24H,7-10,12-14H2,1-4H3/t17-,20+/m1/s1. The van der Waals surface area contributed by atoms with Crippen molar-refractivity contribution >= 4 is 0 Å². The van der Waals surface area contributed by atoms with Crippen LogP contribution in [0.4, 0.5) is 0 Å². The van der Waals surface area contributed by atoms with Gasteiger partial charge in [0, 0.05) is 19.6 Å². The van der Waals surface area contributed by atoms with Crippen LogP contribution in [0.5, 0.6) is 0 Å². The van der Waals surface area contributed by atoms with Crippen molar-refractivity contribution in [3.63, 3.8) is 0 Å². The smallest absolute Gasteiger partial charge is 0.0916 e. The summed E-state index contributed by atoms with van der Waals surface area (Å²) in [7, 11) is 2.10. The van der Waals surface area contributed by atoms with Gasteiger partial charge in [0.25, 0.3) is 0 Å². The predicted octanol–water partition coefficient (Wildman–Crippen LogP) is 2.36. The van der Waals surface area contributed by atoms with Gasteiger partial charge in [-0.05, 0) is 76.4 Å². The summed E-state index contributed by atoms with van der Waals surface area (Å²) in [6, 6.07) is 6.23. The number of nitrogens with zero attached hydrogens (tertiary/aromatic N) is 2. The molecule has 4 nitrogen and oxygen atoms in total. The van der Waals surface area contributed by atoms with Crippen molar-refractivity contribution in [1.82, 2.24) is 9.80 Å². The van der Waals surface area contributed by atoms with Crippen molar-refractivity contribution in [2.45, 2.75) is 45.8 Å². The van der Waals surface area contributed by atoms with Gasteiger partial charge < -0.3 is 20.0 Å². The molecular weight excluding hydrogens is 300 g/mol. The predicted molar refractivity (Wildman–Crippen MR) is 99.2 cm³/mol. The van der Waals surface area contributed by atoms with Crippen LogP contribution in [0.1, 0.15) is 42.6 Å². The van der Waals surface area contributed by atoms with Crippen molar-refractivity contribution in [3.8, 4) is 0 Å². The second-order valence-electron chi connectivity index (χ2n) is 7.67. The first-order valence-corrected chi connectivity index (χ1v) is 9.19. The molecule has 1 aliphatic heterocycles. The third-order valence-electron chi connectivity index (χ3n) is 5.20. The number of aryl methyl sites for hydroxylation is 2. The van der Waals surface area contributed by atoms with E-state index in [0.717, 1.165) is 31.7 Å². The maximum Gasteiger partial charge on any atom is 0.0916 e. The number of piperidine rings is 1. The second kappa shape index (κ2) is 8.95. The van der Waals surface area contributed by atoms with E-state index in [1.165, 1.54) is 24.0 Å². The maximum absolute atomic E-state index is 10.5. The monoisotopic (exact) mass is 334 g/mol. The number of likely N-dealkylation sites (tertiary alicyclic amines) is 1. The van der Waals surface area contributed by atoms with Crippen molar-refractivity contribution in [1.29, 1.82) is 0 Å². The van der Waals surface area contributed by atoms with Gasteiger partial charge in [-0.25, -0.2) is 0 Å². The summed E-state index contributed by atoms with van der Waals surface area (Å²) >= 11 is 0. The number of likely N-dealkylation sites (N-methyl/N-ethyl adjacent to an activating group) is 1. The Labute approximate surface area is 147 Å². The van der Waals surface area contributed by atoms with E-state index in [0.29, 0.717) is 12.5 Å². The molecular formula is C20H34N2O2. The quantitative estimate of drug-likeness (QED) is 0.804. The van der Waals surface area contributed by atoms with E-state index < -0.39 is 6.10 Å². The summed E-state index contributed by atoms with van der Waals surface area (Å²) in [5.74, 6) is 0.687. The highest BCUT2D eigenvalue weighted by atomic mass is 16.3. The summed E-state index contributed by atoms with van der Waals surface area (Å²) in [5.41, 5.74) is 3.51. The molecule has 0 bridgehead atoms. The van der Waals surface area contributed by atoms with Crippen LogP contribution in [0.15, 0.2) is 18.2 Å². The first-order valence-electron chi connectivity index (χ1n) is 9.19. The Balaban J connectivity index is 1.77. The van der Waals surface area contributed by atoms with Crippen LogP contribution in [-0.4, -0.2) is 65.9 Å². The average Bonchev–Trinajstić information content (AvgIpc) is 2.51. The lowest BCUT2D eigenvalue weighted by Gasteiger charge is -2.34. The van der Waals surface area contributed by atoms with Gasteiger partial charge >= 0.3 is 0 Å². The summed E-state index contributed by atoms with van der Waals surface area (Å²) in [5, 5.41) is 20.0. The molecule has 2 atom stereocenters. The molecule has 136 valence electrons. The van der Waals surface area contributed by atoms with E-state index in [1.54, 1.807) is 0 Å². The molecule has 0 spiro atoms. The lowest BCUT2D eigenvalue weighted by atomic mass is 9.95. The zero-order chi connectivity index (χ0) is 17.7. The van der Waals surface area contributed by atoms with Gasteiger partial charge in [-0.15, -0.1) is 0 Å². The Morgan fingerprint density at radius 3 is 2.42 bits per heavy atom. The van der Waals surface area contributed by atoms with Gasteiger partial charge in [-0.1, -0.05) is 18.2 Å². The van der Waals surface area contributed by atoms with Gasteiger partial charge in [0.1, 0.15) is 0 Å². The highest BCUT2D eigenvalue weighted by molar-refractivity contribution is 5.31. The summed E-state index contributed by atoms with van der Waals surface area (Å²) in [4.78, 5) is 4.61. The fraction of sp³-hybridized carbons (Fsp3) is 0.700. The highest BCUT2D eigenvalue weighted by Gasteiger charge is 2.22. The molecule has 2 rings (SSSR count).